The molecule has 0 fully saturated rings. The summed E-state index contributed by atoms with van der Waals surface area (Å²) < 4.78 is 4.42. The van der Waals surface area contributed by atoms with Crippen molar-refractivity contribution in [2.24, 2.45) is 0 Å². The molecule has 1 atom stereocenters. The van der Waals surface area contributed by atoms with Crippen LogP contribution >= 0.6 is 0 Å². The first-order chi connectivity index (χ1) is 4.22. The van der Waals surface area contributed by atoms with Crippen molar-refractivity contribution in [3.05, 3.63) is 0 Å². The molecule has 0 saturated heterocycles. The summed E-state index contributed by atoms with van der Waals surface area (Å²) in [6, 6.07) is 0. The molecule has 0 aromatic heterocycles. The first-order valence-electron chi connectivity index (χ1n) is 2.82. The van der Waals surface area contributed by atoms with E-state index >= 15 is 0 Å². The Kier molecular flexibility index (Phi) is 3.67. The van der Waals surface area contributed by atoms with E-state index in [1.54, 1.807) is 6.92 Å². The highest BCUT2D eigenvalue weighted by Gasteiger charge is 2.10. The Morgan fingerprint density at radius 1 is 1.78 bits per heavy atom. The summed E-state index contributed by atoms with van der Waals surface area (Å²) in [5.74, 6) is -0.107. The molecule has 0 heterocycles. The topological polar surface area (TPSA) is 43.4 Å². The minimum absolute atomic E-state index is 0.107. The predicted molar refractivity (Wildman–Crippen MR) is 31.9 cm³/mol. The van der Waals surface area contributed by atoms with Gasteiger partial charge in [0.15, 0.2) is 11.9 Å². The Morgan fingerprint density at radius 2 is 2.33 bits per heavy atom. The highest BCUT2D eigenvalue weighted by molar-refractivity contribution is 5.81. The van der Waals surface area contributed by atoms with Crippen molar-refractivity contribution in [3.63, 3.8) is 0 Å². The number of ketones is 1. The first-order valence-corrected chi connectivity index (χ1v) is 2.82. The minimum Gasteiger partial charge on any atom is -0.457 e. The van der Waals surface area contributed by atoms with E-state index in [1.165, 1.54) is 6.92 Å². The molecule has 0 rings (SSSR count). The SMILES string of the molecule is CC[C@@H](OC=O)C(C)=O. The van der Waals surface area contributed by atoms with Gasteiger partial charge in [-0.1, -0.05) is 6.92 Å². The lowest BCUT2D eigenvalue weighted by atomic mass is 10.2. The highest BCUT2D eigenvalue weighted by atomic mass is 16.5. The van der Waals surface area contributed by atoms with Crippen molar-refractivity contribution >= 4 is 12.3 Å². The Hall–Kier alpha value is -0.860. The Bertz CT molecular complexity index is 109. The summed E-state index contributed by atoms with van der Waals surface area (Å²) in [6.07, 6.45) is 0.0103. The normalized spacial score (nSPS) is 12.2. The van der Waals surface area contributed by atoms with Crippen LogP contribution in [0.4, 0.5) is 0 Å². The molecule has 3 nitrogen and oxygen atoms in total. The van der Waals surface area contributed by atoms with Crippen molar-refractivity contribution in [1.29, 1.82) is 0 Å². The maximum atomic E-state index is 10.5. The maximum absolute atomic E-state index is 10.5. The first kappa shape index (κ1) is 8.14. The summed E-state index contributed by atoms with van der Waals surface area (Å²) in [5.41, 5.74) is 0. The molecule has 3 heteroatoms. The summed E-state index contributed by atoms with van der Waals surface area (Å²) in [7, 11) is 0. The number of hydrogen-bond acceptors (Lipinski definition) is 3. The van der Waals surface area contributed by atoms with Crippen LogP contribution in [0.3, 0.4) is 0 Å². The molecule has 0 spiro atoms. The number of carbonyl (C=O) groups excluding carboxylic acids is 2. The lowest BCUT2D eigenvalue weighted by molar-refractivity contribution is -0.142. The van der Waals surface area contributed by atoms with Gasteiger partial charge in [0.25, 0.3) is 6.47 Å². The molecule has 0 bridgehead atoms. The van der Waals surface area contributed by atoms with E-state index in [0.717, 1.165) is 0 Å². The van der Waals surface area contributed by atoms with Gasteiger partial charge >= 0.3 is 0 Å². The van der Waals surface area contributed by atoms with Gasteiger partial charge in [0.2, 0.25) is 0 Å². The van der Waals surface area contributed by atoms with Crippen molar-refractivity contribution in [3.8, 4) is 0 Å². The van der Waals surface area contributed by atoms with Gasteiger partial charge in [-0.25, -0.2) is 0 Å². The zero-order valence-corrected chi connectivity index (χ0v) is 5.59. The molecule has 0 unspecified atom stereocenters. The molecular formula is C6H10O3. The summed E-state index contributed by atoms with van der Waals surface area (Å²) in [4.78, 5) is 20.2. The van der Waals surface area contributed by atoms with E-state index in [0.29, 0.717) is 12.9 Å². The number of ether oxygens (including phenoxy) is 1. The molecule has 0 aliphatic rings. The third kappa shape index (κ3) is 2.85. The van der Waals surface area contributed by atoms with Gasteiger partial charge in [-0.3, -0.25) is 9.59 Å². The van der Waals surface area contributed by atoms with Crippen LogP contribution in [0.5, 0.6) is 0 Å². The molecule has 9 heavy (non-hydrogen) atoms. The fourth-order valence-electron chi connectivity index (χ4n) is 0.547. The molecule has 0 radical (unpaired) electrons. The van der Waals surface area contributed by atoms with Gasteiger partial charge in [0.1, 0.15) is 0 Å². The van der Waals surface area contributed by atoms with Crippen LogP contribution in [0.1, 0.15) is 20.3 Å². The average Bonchev–Trinajstić information content (AvgIpc) is 1.82. The van der Waals surface area contributed by atoms with Gasteiger partial charge in [-0.05, 0) is 13.3 Å². The fourth-order valence-corrected chi connectivity index (χ4v) is 0.547. The summed E-state index contributed by atoms with van der Waals surface area (Å²) in [5, 5.41) is 0. The quantitative estimate of drug-likeness (QED) is 0.521. The van der Waals surface area contributed by atoms with Crippen molar-refractivity contribution in [2.45, 2.75) is 26.4 Å². The molecular weight excluding hydrogens is 120 g/mol. The Morgan fingerprint density at radius 3 is 2.44 bits per heavy atom. The lowest BCUT2D eigenvalue weighted by Gasteiger charge is -2.06. The zero-order chi connectivity index (χ0) is 7.28. The van der Waals surface area contributed by atoms with Crippen LogP contribution in [0.2, 0.25) is 0 Å². The molecule has 52 valence electrons. The van der Waals surface area contributed by atoms with E-state index < -0.39 is 6.10 Å². The van der Waals surface area contributed by atoms with Gasteiger partial charge in [-0.2, -0.15) is 0 Å². The largest absolute Gasteiger partial charge is 0.457 e. The number of hydrogen-bond donors (Lipinski definition) is 0. The standard InChI is InChI=1S/C6H10O3/c1-3-6(5(2)8)9-4-7/h4,6H,3H2,1-2H3/t6-/m1/s1. The van der Waals surface area contributed by atoms with Crippen molar-refractivity contribution in [1.82, 2.24) is 0 Å². The van der Waals surface area contributed by atoms with Crippen LogP contribution < -0.4 is 0 Å². The molecule has 0 aliphatic carbocycles. The van der Waals surface area contributed by atoms with Gasteiger partial charge in [0, 0.05) is 0 Å². The maximum Gasteiger partial charge on any atom is 0.293 e. The van der Waals surface area contributed by atoms with Crippen LogP contribution in [-0.2, 0) is 14.3 Å². The van der Waals surface area contributed by atoms with E-state index in [1.807, 2.05) is 0 Å². The third-order valence-corrected chi connectivity index (χ3v) is 1.04. The molecule has 0 aliphatic heterocycles. The number of rotatable bonds is 4. The molecule has 0 amide bonds. The van der Waals surface area contributed by atoms with Crippen molar-refractivity contribution in [2.75, 3.05) is 0 Å². The lowest BCUT2D eigenvalue weighted by Crippen LogP contribution is -2.19. The summed E-state index contributed by atoms with van der Waals surface area (Å²) in [6.45, 7) is 3.49. The molecule has 0 aromatic carbocycles. The average molecular weight is 130 g/mol. The third-order valence-electron chi connectivity index (χ3n) is 1.04. The van der Waals surface area contributed by atoms with E-state index in [4.69, 9.17) is 0 Å². The zero-order valence-electron chi connectivity index (χ0n) is 5.59. The van der Waals surface area contributed by atoms with Crippen molar-refractivity contribution < 1.29 is 14.3 Å². The smallest absolute Gasteiger partial charge is 0.293 e. The van der Waals surface area contributed by atoms with Gasteiger partial charge < -0.3 is 4.74 Å². The van der Waals surface area contributed by atoms with Crippen LogP contribution in [0, 0.1) is 0 Å². The number of Topliss-reactive ketones (excluding diaryl/α,β-unsaturated/α-hetero) is 1. The summed E-state index contributed by atoms with van der Waals surface area (Å²) >= 11 is 0. The Labute approximate surface area is 54.0 Å². The predicted octanol–water partition coefficient (Wildman–Crippen LogP) is 0.527. The van der Waals surface area contributed by atoms with E-state index in [9.17, 15) is 9.59 Å². The van der Waals surface area contributed by atoms with Crippen LogP contribution in [0.15, 0.2) is 0 Å². The van der Waals surface area contributed by atoms with E-state index in [-0.39, 0.29) is 5.78 Å². The second-order valence-corrected chi connectivity index (χ2v) is 1.74. The highest BCUT2D eigenvalue weighted by Crippen LogP contribution is 1.95. The second-order valence-electron chi connectivity index (χ2n) is 1.74. The molecule has 0 aromatic rings. The fraction of sp³-hybridized carbons (Fsp3) is 0.667. The Balaban J connectivity index is 3.67. The van der Waals surface area contributed by atoms with E-state index in [2.05, 4.69) is 4.74 Å². The second kappa shape index (κ2) is 4.06. The monoisotopic (exact) mass is 130 g/mol. The van der Waals surface area contributed by atoms with Gasteiger partial charge in [0.05, 0.1) is 0 Å². The molecule has 0 N–H and O–H groups in total. The van der Waals surface area contributed by atoms with Gasteiger partial charge in [-0.15, -0.1) is 0 Å². The molecule has 0 saturated carbocycles. The minimum atomic E-state index is -0.539. The number of carbonyl (C=O) groups is 2. The van der Waals surface area contributed by atoms with Crippen LogP contribution in [0.25, 0.3) is 0 Å². The van der Waals surface area contributed by atoms with Crippen LogP contribution in [-0.4, -0.2) is 18.4 Å².